The Hall–Kier alpha value is -4.40. The number of carbonyl (C=O) groups is 1. The average molecular weight is 625 g/mol. The Morgan fingerprint density at radius 1 is 1.09 bits per heavy atom. The van der Waals surface area contributed by atoms with Crippen molar-refractivity contribution in [1.29, 1.82) is 0 Å². The second kappa shape index (κ2) is 11.5. The third kappa shape index (κ3) is 5.64. The molecule has 0 spiro atoms. The van der Waals surface area contributed by atoms with E-state index in [1.807, 2.05) is 22.4 Å². The molecule has 2 unspecified atom stereocenters. The van der Waals surface area contributed by atoms with Crippen molar-refractivity contribution in [3.8, 4) is 0 Å². The van der Waals surface area contributed by atoms with Crippen molar-refractivity contribution < 1.29 is 22.8 Å². The molecule has 7 rings (SSSR count). The summed E-state index contributed by atoms with van der Waals surface area (Å²) in [6, 6.07) is 5.24. The van der Waals surface area contributed by atoms with E-state index in [9.17, 15) is 18.0 Å². The van der Waals surface area contributed by atoms with Crippen LogP contribution in [0, 0.1) is 5.92 Å². The fourth-order valence-electron chi connectivity index (χ4n) is 6.44. The van der Waals surface area contributed by atoms with Gasteiger partial charge in [-0.3, -0.25) is 5.32 Å². The Morgan fingerprint density at radius 2 is 1.89 bits per heavy atom. The highest BCUT2D eigenvalue weighted by molar-refractivity contribution is 5.86. The number of halogens is 3. The summed E-state index contributed by atoms with van der Waals surface area (Å²) in [6.07, 6.45) is 4.08. The van der Waals surface area contributed by atoms with Crippen LogP contribution in [-0.4, -0.2) is 47.7 Å². The number of hydroxylamine groups is 1. The normalized spacial score (nSPS) is 21.4. The summed E-state index contributed by atoms with van der Waals surface area (Å²) < 4.78 is 44.2. The number of aryl methyl sites for hydroxylation is 1. The Labute approximate surface area is 257 Å². The van der Waals surface area contributed by atoms with Crippen LogP contribution >= 0.6 is 0 Å². The number of nitrogens with zero attached hydrogens (tertiary/aromatic N) is 7. The number of hydrogen-bond acceptors (Lipinski definition) is 9. The number of hydrogen-bond donors (Lipinski definition) is 3. The fraction of sp³-hybridized carbons (Fsp3) is 0.500. The molecular weight excluding hydrogens is 589 g/mol. The molecule has 3 N–H and O–H groups in total. The number of nitrogens with one attached hydrogen (secondary N) is 3. The van der Waals surface area contributed by atoms with Crippen molar-refractivity contribution in [1.82, 2.24) is 39.9 Å². The van der Waals surface area contributed by atoms with Gasteiger partial charge in [-0.15, -0.1) is 5.48 Å². The Bertz CT molecular complexity index is 1700. The second-order valence-corrected chi connectivity index (χ2v) is 12.1. The zero-order valence-electron chi connectivity index (χ0n) is 25.0. The minimum Gasteiger partial charge on any atom is -0.365 e. The molecule has 2 aliphatic heterocycles. The summed E-state index contributed by atoms with van der Waals surface area (Å²) in [7, 11) is 1.97. The summed E-state index contributed by atoms with van der Waals surface area (Å²) in [6.45, 7) is 3.07. The Morgan fingerprint density at radius 3 is 2.53 bits per heavy atom. The van der Waals surface area contributed by atoms with E-state index in [1.165, 1.54) is 18.6 Å². The van der Waals surface area contributed by atoms with E-state index in [4.69, 9.17) is 19.8 Å². The van der Waals surface area contributed by atoms with Crippen LogP contribution in [0.4, 0.5) is 29.7 Å². The van der Waals surface area contributed by atoms with E-state index >= 15 is 0 Å². The largest absolute Gasteiger partial charge is 0.427 e. The number of fused-ring (bicyclic) bond motifs is 1. The van der Waals surface area contributed by atoms with Crippen LogP contribution in [0.25, 0.3) is 11.2 Å². The van der Waals surface area contributed by atoms with Crippen LogP contribution in [0.15, 0.2) is 36.7 Å². The van der Waals surface area contributed by atoms with Crippen molar-refractivity contribution in [2.75, 3.05) is 16.8 Å². The lowest BCUT2D eigenvalue weighted by molar-refractivity contribution is -0.137. The van der Waals surface area contributed by atoms with Crippen LogP contribution in [0.5, 0.6) is 0 Å². The molecule has 0 bridgehead atoms. The quantitative estimate of drug-likeness (QED) is 0.242. The van der Waals surface area contributed by atoms with Gasteiger partial charge in [-0.1, -0.05) is 18.6 Å². The minimum absolute atomic E-state index is 0.0659. The summed E-state index contributed by atoms with van der Waals surface area (Å²) in [5.74, 6) is 2.83. The molecule has 15 heteroatoms. The third-order valence-corrected chi connectivity index (χ3v) is 9.15. The number of aromatic nitrogens is 6. The van der Waals surface area contributed by atoms with Gasteiger partial charge in [-0.25, -0.2) is 19.7 Å². The Kier molecular flexibility index (Phi) is 7.50. The number of benzene rings is 1. The maximum atomic E-state index is 13.4. The number of rotatable bonds is 8. The standard InChI is InChI=1S/C30H35F3N10O2/c1-17(19-6-5-7-19)35-23-22-24(37-25(36-23)26-39-29(44)45-40-26)38-28(42-14-4-3-8-21(42)27-34-13-15-41(27)2)43(22)16-18-9-11-20(12-10-18)30(31,32)33/h9-13,15,17,19,21,26,40H,3-8,14,16H2,1-2H3,(H,39,44)(H,35,36,37)/t17-,21?,26?/m1/s1. The molecule has 3 fully saturated rings. The predicted octanol–water partition coefficient (Wildman–Crippen LogP) is 5.20. The first-order valence-electron chi connectivity index (χ1n) is 15.3. The van der Waals surface area contributed by atoms with E-state index < -0.39 is 24.0 Å². The van der Waals surface area contributed by atoms with Crippen molar-refractivity contribution in [2.45, 2.75) is 76.4 Å². The van der Waals surface area contributed by atoms with Gasteiger partial charge in [0.05, 0.1) is 18.2 Å². The van der Waals surface area contributed by atoms with Crippen LogP contribution in [0.3, 0.4) is 0 Å². The first kappa shape index (κ1) is 29.3. The first-order valence-corrected chi connectivity index (χ1v) is 15.3. The molecule has 0 radical (unpaired) electrons. The average Bonchev–Trinajstić information content (AvgIpc) is 3.70. The van der Waals surface area contributed by atoms with Crippen LogP contribution in [0.1, 0.15) is 80.4 Å². The molecule has 5 heterocycles. The highest BCUT2D eigenvalue weighted by Gasteiger charge is 2.35. The van der Waals surface area contributed by atoms with Crippen molar-refractivity contribution in [3.05, 3.63) is 59.4 Å². The zero-order chi connectivity index (χ0) is 31.3. The monoisotopic (exact) mass is 624 g/mol. The zero-order valence-corrected chi connectivity index (χ0v) is 25.0. The van der Waals surface area contributed by atoms with Crippen molar-refractivity contribution in [2.24, 2.45) is 13.0 Å². The van der Waals surface area contributed by atoms with Gasteiger partial charge in [0.25, 0.3) is 0 Å². The highest BCUT2D eigenvalue weighted by atomic mass is 19.4. The molecule has 1 amide bonds. The molecule has 3 aromatic heterocycles. The van der Waals surface area contributed by atoms with E-state index in [0.29, 0.717) is 41.0 Å². The third-order valence-electron chi connectivity index (χ3n) is 9.15. The molecule has 45 heavy (non-hydrogen) atoms. The molecule has 1 aliphatic carbocycles. The van der Waals surface area contributed by atoms with E-state index in [1.54, 1.807) is 6.20 Å². The van der Waals surface area contributed by atoms with Gasteiger partial charge in [-0.05, 0) is 62.6 Å². The van der Waals surface area contributed by atoms with Gasteiger partial charge >= 0.3 is 12.3 Å². The van der Waals surface area contributed by atoms with Gasteiger partial charge in [-0.2, -0.15) is 18.2 Å². The first-order chi connectivity index (χ1) is 21.7. The summed E-state index contributed by atoms with van der Waals surface area (Å²) in [5.41, 5.74) is 3.63. The summed E-state index contributed by atoms with van der Waals surface area (Å²) >= 11 is 0. The number of amides is 1. The lowest BCUT2D eigenvalue weighted by atomic mass is 9.80. The maximum absolute atomic E-state index is 13.4. The van der Waals surface area contributed by atoms with Crippen molar-refractivity contribution in [3.63, 3.8) is 0 Å². The maximum Gasteiger partial charge on any atom is 0.427 e. The summed E-state index contributed by atoms with van der Waals surface area (Å²) in [5, 5.41) is 6.27. The molecule has 4 aromatic rings. The van der Waals surface area contributed by atoms with E-state index in [-0.39, 0.29) is 24.5 Å². The molecule has 1 aromatic carbocycles. The SMILES string of the molecule is C[C@@H](Nc1nc(C2NOC(=O)N2)nc2nc(N3CCCCC3c3nccn3C)n(Cc3ccc(C(F)(F)F)cc3)c12)C1CCC1. The second-order valence-electron chi connectivity index (χ2n) is 12.1. The lowest BCUT2D eigenvalue weighted by Gasteiger charge is -2.36. The van der Waals surface area contributed by atoms with Gasteiger partial charge in [0.15, 0.2) is 23.5 Å². The van der Waals surface area contributed by atoms with Gasteiger partial charge in [0, 0.05) is 32.0 Å². The number of carbonyl (C=O) groups excluding carboxylic acids is 1. The number of alkyl halides is 3. The Balaban J connectivity index is 1.38. The number of anilines is 2. The van der Waals surface area contributed by atoms with Crippen LogP contribution in [-0.2, 0) is 24.6 Å². The lowest BCUT2D eigenvalue weighted by Crippen LogP contribution is -2.37. The van der Waals surface area contributed by atoms with Gasteiger partial charge in [0.1, 0.15) is 11.3 Å². The fourth-order valence-corrected chi connectivity index (χ4v) is 6.44. The van der Waals surface area contributed by atoms with Crippen LogP contribution in [0.2, 0.25) is 0 Å². The molecular formula is C30H35F3N10O2. The van der Waals surface area contributed by atoms with E-state index in [2.05, 4.69) is 32.9 Å². The topological polar surface area (TPSA) is 127 Å². The van der Waals surface area contributed by atoms with Crippen LogP contribution < -0.4 is 21.0 Å². The number of piperidine rings is 1. The minimum atomic E-state index is -4.43. The molecule has 1 saturated carbocycles. The summed E-state index contributed by atoms with van der Waals surface area (Å²) in [4.78, 5) is 38.3. The van der Waals surface area contributed by atoms with Gasteiger partial charge in [0.2, 0.25) is 5.95 Å². The highest BCUT2D eigenvalue weighted by Crippen LogP contribution is 2.39. The molecule has 238 valence electrons. The van der Waals surface area contributed by atoms with E-state index in [0.717, 1.165) is 50.1 Å². The number of imidazole rings is 2. The molecule has 3 atom stereocenters. The molecule has 2 saturated heterocycles. The van der Waals surface area contributed by atoms with Gasteiger partial charge < -0.3 is 24.2 Å². The molecule has 3 aliphatic rings. The predicted molar refractivity (Wildman–Crippen MR) is 159 cm³/mol. The van der Waals surface area contributed by atoms with Crippen molar-refractivity contribution >= 4 is 29.0 Å². The molecule has 12 nitrogen and oxygen atoms in total. The smallest absolute Gasteiger partial charge is 0.365 e.